The zero-order valence-corrected chi connectivity index (χ0v) is 18.3. The number of likely N-dealkylation sites (N-methyl/N-ethyl adjacent to an activating group) is 1. The summed E-state index contributed by atoms with van der Waals surface area (Å²) in [5, 5.41) is 6.85. The van der Waals surface area contributed by atoms with Crippen molar-refractivity contribution in [3.63, 3.8) is 0 Å². The second-order valence-corrected chi connectivity index (χ2v) is 7.84. The fraction of sp³-hybridized carbons (Fsp3) is 0.682. The number of methoxy groups -OCH3 is 1. The predicted octanol–water partition coefficient (Wildman–Crippen LogP) is 2.17. The van der Waals surface area contributed by atoms with Crippen molar-refractivity contribution < 1.29 is 9.13 Å². The van der Waals surface area contributed by atoms with Crippen LogP contribution in [0.5, 0.6) is 0 Å². The van der Waals surface area contributed by atoms with Gasteiger partial charge in [-0.15, -0.1) is 0 Å². The van der Waals surface area contributed by atoms with Gasteiger partial charge in [0.05, 0.1) is 0 Å². The number of rotatable bonds is 11. The van der Waals surface area contributed by atoms with Gasteiger partial charge in [0.2, 0.25) is 0 Å². The molecule has 1 aromatic carbocycles. The lowest BCUT2D eigenvalue weighted by Crippen LogP contribution is -2.44. The molecule has 1 aliphatic heterocycles. The Morgan fingerprint density at radius 3 is 2.69 bits per heavy atom. The van der Waals surface area contributed by atoms with Gasteiger partial charge in [-0.3, -0.25) is 9.89 Å². The Morgan fingerprint density at radius 2 is 2.00 bits per heavy atom. The molecule has 0 aromatic heterocycles. The van der Waals surface area contributed by atoms with E-state index in [0.717, 1.165) is 76.7 Å². The summed E-state index contributed by atoms with van der Waals surface area (Å²) < 4.78 is 18.9. The second-order valence-electron chi connectivity index (χ2n) is 7.84. The van der Waals surface area contributed by atoms with Gasteiger partial charge in [0.1, 0.15) is 5.82 Å². The number of hydrogen-bond donors (Lipinski definition) is 2. The van der Waals surface area contributed by atoms with Gasteiger partial charge in [-0.2, -0.15) is 0 Å². The van der Waals surface area contributed by atoms with Gasteiger partial charge in [0.25, 0.3) is 0 Å². The summed E-state index contributed by atoms with van der Waals surface area (Å²) >= 11 is 0. The highest BCUT2D eigenvalue weighted by Crippen LogP contribution is 2.19. The van der Waals surface area contributed by atoms with Gasteiger partial charge < -0.3 is 20.3 Å². The minimum Gasteiger partial charge on any atom is -0.385 e. The quantitative estimate of drug-likeness (QED) is 0.335. The molecule has 29 heavy (non-hydrogen) atoms. The topological polar surface area (TPSA) is 52.1 Å². The smallest absolute Gasteiger partial charge is 0.191 e. The molecule has 0 spiro atoms. The van der Waals surface area contributed by atoms with Crippen LogP contribution in [-0.4, -0.2) is 82.8 Å². The molecule has 1 heterocycles. The van der Waals surface area contributed by atoms with Gasteiger partial charge >= 0.3 is 0 Å². The van der Waals surface area contributed by atoms with Crippen molar-refractivity contribution in [2.24, 2.45) is 10.9 Å². The normalized spacial score (nSPS) is 16.4. The summed E-state index contributed by atoms with van der Waals surface area (Å²) in [5.74, 6) is 1.39. The van der Waals surface area contributed by atoms with Crippen molar-refractivity contribution in [3.8, 4) is 0 Å². The number of nitrogens with zero attached hydrogens (tertiary/aromatic N) is 3. The van der Waals surface area contributed by atoms with E-state index in [0.29, 0.717) is 12.5 Å². The Balaban J connectivity index is 1.60. The first-order valence-corrected chi connectivity index (χ1v) is 10.7. The molecule has 164 valence electrons. The number of piperidine rings is 1. The largest absolute Gasteiger partial charge is 0.385 e. The van der Waals surface area contributed by atoms with Gasteiger partial charge in [-0.25, -0.2) is 4.39 Å². The monoisotopic (exact) mass is 407 g/mol. The molecule has 0 atom stereocenters. The number of hydrogen-bond acceptors (Lipinski definition) is 4. The number of likely N-dealkylation sites (tertiary alicyclic amines) is 1. The lowest BCUT2D eigenvalue weighted by molar-refractivity contribution is 0.176. The molecule has 0 aliphatic carbocycles. The first-order valence-electron chi connectivity index (χ1n) is 10.7. The maximum absolute atomic E-state index is 13.8. The van der Waals surface area contributed by atoms with Crippen molar-refractivity contribution in [1.82, 2.24) is 20.4 Å². The molecule has 0 saturated carbocycles. The van der Waals surface area contributed by atoms with Gasteiger partial charge in [-0.05, 0) is 51.4 Å². The average Bonchev–Trinajstić information content (AvgIpc) is 2.73. The van der Waals surface area contributed by atoms with E-state index in [1.54, 1.807) is 19.2 Å². The van der Waals surface area contributed by atoms with E-state index >= 15 is 0 Å². The average molecular weight is 408 g/mol. The van der Waals surface area contributed by atoms with Crippen molar-refractivity contribution in [2.45, 2.75) is 25.8 Å². The fourth-order valence-electron chi connectivity index (χ4n) is 3.63. The van der Waals surface area contributed by atoms with Gasteiger partial charge in [0.15, 0.2) is 5.96 Å². The molecular formula is C22H38FN5O. The molecule has 1 aromatic rings. The van der Waals surface area contributed by atoms with Crippen molar-refractivity contribution in [2.75, 3.05) is 67.1 Å². The maximum atomic E-state index is 13.8. The molecule has 6 nitrogen and oxygen atoms in total. The molecule has 0 bridgehead atoms. The van der Waals surface area contributed by atoms with E-state index in [2.05, 4.69) is 32.5 Å². The summed E-state index contributed by atoms with van der Waals surface area (Å²) in [5.41, 5.74) is 0.792. The summed E-state index contributed by atoms with van der Waals surface area (Å²) in [4.78, 5) is 8.97. The summed E-state index contributed by atoms with van der Waals surface area (Å²) in [6.07, 6.45) is 3.30. The number of benzene rings is 1. The highest BCUT2D eigenvalue weighted by atomic mass is 19.1. The zero-order valence-electron chi connectivity index (χ0n) is 18.3. The fourth-order valence-corrected chi connectivity index (χ4v) is 3.63. The Morgan fingerprint density at radius 1 is 1.24 bits per heavy atom. The minimum absolute atomic E-state index is 0.101. The molecule has 1 saturated heterocycles. The number of nitrogens with one attached hydrogen (secondary N) is 2. The van der Waals surface area contributed by atoms with Crippen LogP contribution in [0.3, 0.4) is 0 Å². The van der Waals surface area contributed by atoms with E-state index < -0.39 is 0 Å². The van der Waals surface area contributed by atoms with E-state index in [-0.39, 0.29) is 5.82 Å². The number of guanidine groups is 1. The van der Waals surface area contributed by atoms with E-state index in [4.69, 9.17) is 4.74 Å². The third-order valence-electron chi connectivity index (χ3n) is 5.51. The van der Waals surface area contributed by atoms with Crippen LogP contribution in [0.15, 0.2) is 29.3 Å². The predicted molar refractivity (Wildman–Crippen MR) is 118 cm³/mol. The number of ether oxygens (including phenoxy) is 1. The van der Waals surface area contributed by atoms with Crippen LogP contribution in [0.1, 0.15) is 24.8 Å². The minimum atomic E-state index is -0.101. The van der Waals surface area contributed by atoms with Crippen LogP contribution in [0, 0.1) is 11.7 Å². The third-order valence-corrected chi connectivity index (χ3v) is 5.51. The van der Waals surface area contributed by atoms with Crippen LogP contribution in [0.4, 0.5) is 4.39 Å². The van der Waals surface area contributed by atoms with E-state index in [1.165, 1.54) is 0 Å². The molecule has 2 N–H and O–H groups in total. The van der Waals surface area contributed by atoms with Crippen molar-refractivity contribution in [1.29, 1.82) is 0 Å². The Labute approximate surface area is 175 Å². The van der Waals surface area contributed by atoms with Crippen LogP contribution in [-0.2, 0) is 11.3 Å². The van der Waals surface area contributed by atoms with Gasteiger partial charge in [-0.1, -0.05) is 18.2 Å². The Hall–Kier alpha value is -1.70. The first kappa shape index (κ1) is 23.6. The van der Waals surface area contributed by atoms with Crippen molar-refractivity contribution in [3.05, 3.63) is 35.6 Å². The number of aliphatic imine (C=N–C) groups is 1. The third kappa shape index (κ3) is 9.10. The molecule has 1 fully saturated rings. The highest BCUT2D eigenvalue weighted by Gasteiger charge is 2.20. The summed E-state index contributed by atoms with van der Waals surface area (Å²) in [6.45, 7) is 7.33. The van der Waals surface area contributed by atoms with E-state index in [9.17, 15) is 4.39 Å². The maximum Gasteiger partial charge on any atom is 0.191 e. The van der Waals surface area contributed by atoms with Crippen LogP contribution >= 0.6 is 0 Å². The molecule has 0 unspecified atom stereocenters. The van der Waals surface area contributed by atoms with E-state index in [1.807, 2.05) is 19.2 Å². The second kappa shape index (κ2) is 13.5. The van der Waals surface area contributed by atoms with Gasteiger partial charge in [0, 0.05) is 59.1 Å². The first-order chi connectivity index (χ1) is 14.1. The summed E-state index contributed by atoms with van der Waals surface area (Å²) in [6, 6.07) is 7.08. The molecular weight excluding hydrogens is 369 g/mol. The Bertz CT molecular complexity index is 605. The molecule has 0 radical (unpaired) electrons. The lowest BCUT2D eigenvalue weighted by Gasteiger charge is -2.32. The SMILES string of the molecule is CN=C(NCCN(C)CCCOC)NCC1CCN(Cc2ccccc2F)CC1. The molecule has 2 rings (SSSR count). The summed E-state index contributed by atoms with van der Waals surface area (Å²) in [7, 11) is 5.68. The molecule has 1 aliphatic rings. The highest BCUT2D eigenvalue weighted by molar-refractivity contribution is 5.79. The van der Waals surface area contributed by atoms with Crippen LogP contribution in [0.25, 0.3) is 0 Å². The standard InChI is InChI=1S/C22H38FN5O/c1-24-22(25-11-15-27(2)12-6-16-29-3)26-17-19-9-13-28(14-10-19)18-20-7-4-5-8-21(20)23/h4-5,7-8,19H,6,9-18H2,1-3H3,(H2,24,25,26). The molecule has 7 heteroatoms. The number of halogens is 1. The molecule has 0 amide bonds. The zero-order chi connectivity index (χ0) is 20.9. The Kier molecular flexibility index (Phi) is 11.0. The van der Waals surface area contributed by atoms with Crippen LogP contribution in [0.2, 0.25) is 0 Å². The van der Waals surface area contributed by atoms with Crippen LogP contribution < -0.4 is 10.6 Å². The van der Waals surface area contributed by atoms with Crippen molar-refractivity contribution >= 4 is 5.96 Å². The lowest BCUT2D eigenvalue weighted by atomic mass is 9.96.